The molecular weight excluding hydrogens is 1130 g/mol. The largest absolute Gasteiger partial charge is 0.454 e. The highest BCUT2D eigenvalue weighted by atomic mass is 16.7. The molecule has 6 N–H and O–H groups in total. The van der Waals surface area contributed by atoms with E-state index in [9.17, 15) is 35.1 Å². The Morgan fingerprint density at radius 2 is 0.758 bits per heavy atom. The Kier molecular flexibility index (Phi) is 63.9. The first-order chi connectivity index (χ1) is 44.7. The molecule has 1 saturated heterocycles. The van der Waals surface area contributed by atoms with Gasteiger partial charge in [0.15, 0.2) is 12.4 Å². The zero-order chi connectivity index (χ0) is 66.0. The van der Waals surface area contributed by atoms with E-state index in [2.05, 4.69) is 74.7 Å². The number of aliphatic hydroxyl groups is 5. The molecule has 1 aliphatic rings. The van der Waals surface area contributed by atoms with Gasteiger partial charge in [0.05, 0.1) is 25.4 Å². The molecule has 0 radical (unpaired) electrons. The summed E-state index contributed by atoms with van der Waals surface area (Å²) in [6.07, 6.45) is 77.1. The fraction of sp³-hybridized carbons (Fsp3) is 0.850. The lowest BCUT2D eigenvalue weighted by Crippen LogP contribution is -2.61. The summed E-state index contributed by atoms with van der Waals surface area (Å²) in [5.41, 5.74) is 0. The summed E-state index contributed by atoms with van der Waals surface area (Å²) >= 11 is 0. The normalized spacial score (nSPS) is 18.3. The topological polar surface area (TPSA) is 175 Å². The van der Waals surface area contributed by atoms with Crippen molar-refractivity contribution in [3.63, 3.8) is 0 Å². The van der Waals surface area contributed by atoms with Crippen LogP contribution in [0.2, 0.25) is 0 Å². The molecule has 1 amide bonds. The van der Waals surface area contributed by atoms with Gasteiger partial charge in [0, 0.05) is 6.42 Å². The third-order valence-electron chi connectivity index (χ3n) is 18.4. The Balaban J connectivity index is 2.48. The van der Waals surface area contributed by atoms with Gasteiger partial charge in [-0.3, -0.25) is 9.59 Å². The molecule has 11 nitrogen and oxygen atoms in total. The number of hydrogen-bond donors (Lipinski definition) is 6. The van der Waals surface area contributed by atoms with Crippen molar-refractivity contribution in [1.82, 2.24) is 5.32 Å². The maximum absolute atomic E-state index is 13.5. The molecule has 11 heteroatoms. The summed E-state index contributed by atoms with van der Waals surface area (Å²) in [6.45, 7) is 5.81. The van der Waals surface area contributed by atoms with Gasteiger partial charge >= 0.3 is 5.97 Å². The quantitative estimate of drug-likeness (QED) is 0.0195. The molecule has 1 aliphatic heterocycles. The van der Waals surface area contributed by atoms with Gasteiger partial charge in [-0.1, -0.05) is 338 Å². The second kappa shape index (κ2) is 67.3. The van der Waals surface area contributed by atoms with Gasteiger partial charge in [0.1, 0.15) is 24.4 Å². The average Bonchev–Trinajstić information content (AvgIpc) is 1.13. The highest BCUT2D eigenvalue weighted by Crippen LogP contribution is 2.27. The van der Waals surface area contributed by atoms with Crippen molar-refractivity contribution in [1.29, 1.82) is 0 Å². The van der Waals surface area contributed by atoms with Crippen LogP contribution in [-0.4, -0.2) is 99.6 Å². The SMILES string of the molecule is CCCCC/C=C\C/C=C\C/C=C\CCCCCCCCCCCCCCC(=O)OC1C(OCC(NC(=O)C(O)CCCCCCCCCCCCCCCCCC/C=C/CCCCCCCC)C(O)/C=C/CCCCCCCCCCC)OC(CO)C(O)C1O. The van der Waals surface area contributed by atoms with Gasteiger partial charge in [-0.15, -0.1) is 0 Å². The maximum Gasteiger partial charge on any atom is 0.306 e. The smallest absolute Gasteiger partial charge is 0.306 e. The van der Waals surface area contributed by atoms with Gasteiger partial charge in [-0.25, -0.2) is 0 Å². The lowest BCUT2D eigenvalue weighted by Gasteiger charge is -2.41. The standard InChI is InChI=1S/C80H147NO10/c1-4-7-10-13-16-19-22-24-26-28-30-32-34-36-38-39-41-43-45-47-49-52-55-58-61-64-67-73(84)79(88)81-71(72(83)66-63-60-57-54-51-21-18-15-12-9-6-3)70-89-80-78(77(87)76(86)74(69-82)90-80)91-75(85)68-65-62-59-56-53-50-48-46-44-42-40-37-35-33-31-29-27-25-23-20-17-14-11-8-5-2/h17,20,24-27,31,33,63,66,71-74,76-78,80,82-84,86-87H,4-16,18-19,21-23,28-30,32,34-62,64-65,67-70H2,1-3H3,(H,81,88)/b20-17-,26-24+,27-25-,33-31-,66-63+. The number of esters is 1. The number of hydrogen-bond acceptors (Lipinski definition) is 10. The predicted octanol–water partition coefficient (Wildman–Crippen LogP) is 20.9. The van der Waals surface area contributed by atoms with Gasteiger partial charge < -0.3 is 45.1 Å². The first kappa shape index (κ1) is 86.4. The monoisotopic (exact) mass is 1280 g/mol. The first-order valence-electron chi connectivity index (χ1n) is 39.1. The van der Waals surface area contributed by atoms with Crippen LogP contribution in [0, 0.1) is 0 Å². The number of carbonyl (C=O) groups excluding carboxylic acids is 2. The molecule has 0 spiro atoms. The van der Waals surface area contributed by atoms with Crippen molar-refractivity contribution in [2.45, 2.75) is 423 Å². The Morgan fingerprint density at radius 1 is 0.429 bits per heavy atom. The van der Waals surface area contributed by atoms with Crippen molar-refractivity contribution in [3.8, 4) is 0 Å². The van der Waals surface area contributed by atoms with E-state index in [-0.39, 0.29) is 13.0 Å². The van der Waals surface area contributed by atoms with Crippen LogP contribution in [0.4, 0.5) is 0 Å². The minimum absolute atomic E-state index is 0.122. The van der Waals surface area contributed by atoms with Crippen LogP contribution in [0.1, 0.15) is 374 Å². The number of amides is 1. The van der Waals surface area contributed by atoms with Gasteiger partial charge in [0.25, 0.3) is 0 Å². The van der Waals surface area contributed by atoms with E-state index in [0.717, 1.165) is 70.6 Å². The molecule has 0 bridgehead atoms. The van der Waals surface area contributed by atoms with Gasteiger partial charge in [0.2, 0.25) is 5.91 Å². The number of ether oxygens (including phenoxy) is 3. The molecule has 0 saturated carbocycles. The molecule has 1 fully saturated rings. The van der Waals surface area contributed by atoms with Crippen LogP contribution in [0.5, 0.6) is 0 Å². The molecule has 91 heavy (non-hydrogen) atoms. The molecule has 0 aromatic carbocycles. The van der Waals surface area contributed by atoms with Crippen LogP contribution in [0.25, 0.3) is 0 Å². The fourth-order valence-electron chi connectivity index (χ4n) is 12.2. The van der Waals surface area contributed by atoms with Gasteiger partial charge in [-0.2, -0.15) is 0 Å². The summed E-state index contributed by atoms with van der Waals surface area (Å²) in [4.78, 5) is 26.7. The van der Waals surface area contributed by atoms with Crippen LogP contribution in [0.3, 0.4) is 0 Å². The van der Waals surface area contributed by atoms with Crippen molar-refractivity contribution in [2.75, 3.05) is 13.2 Å². The minimum atomic E-state index is -1.62. The van der Waals surface area contributed by atoms with Crippen LogP contribution in [-0.2, 0) is 23.8 Å². The van der Waals surface area contributed by atoms with E-state index in [1.807, 2.05) is 6.08 Å². The third-order valence-corrected chi connectivity index (χ3v) is 18.4. The molecule has 1 heterocycles. The lowest BCUT2D eigenvalue weighted by atomic mass is 9.99. The lowest BCUT2D eigenvalue weighted by molar-refractivity contribution is -0.305. The molecule has 0 aromatic heterocycles. The Labute approximate surface area is 560 Å². The van der Waals surface area contributed by atoms with E-state index in [1.54, 1.807) is 6.08 Å². The van der Waals surface area contributed by atoms with Crippen molar-refractivity contribution in [2.24, 2.45) is 0 Å². The van der Waals surface area contributed by atoms with Crippen LogP contribution >= 0.6 is 0 Å². The Bertz CT molecular complexity index is 1720. The number of nitrogens with one attached hydrogen (secondary N) is 1. The molecule has 8 atom stereocenters. The fourth-order valence-corrected chi connectivity index (χ4v) is 12.2. The predicted molar refractivity (Wildman–Crippen MR) is 384 cm³/mol. The number of carbonyl (C=O) groups is 2. The average molecular weight is 1280 g/mol. The van der Waals surface area contributed by atoms with E-state index in [0.29, 0.717) is 19.3 Å². The molecule has 0 aliphatic carbocycles. The van der Waals surface area contributed by atoms with Crippen molar-refractivity contribution < 1.29 is 49.3 Å². The maximum atomic E-state index is 13.5. The minimum Gasteiger partial charge on any atom is -0.454 e. The summed E-state index contributed by atoms with van der Waals surface area (Å²) in [5, 5.41) is 57.4. The van der Waals surface area contributed by atoms with E-state index in [1.165, 1.54) is 257 Å². The van der Waals surface area contributed by atoms with Gasteiger partial charge in [-0.05, 0) is 89.9 Å². The highest BCUT2D eigenvalue weighted by Gasteiger charge is 2.47. The zero-order valence-corrected chi connectivity index (χ0v) is 59.5. The number of allylic oxidation sites excluding steroid dienone is 9. The summed E-state index contributed by atoms with van der Waals surface area (Å²) < 4.78 is 17.7. The highest BCUT2D eigenvalue weighted by molar-refractivity contribution is 5.80. The molecule has 0 aromatic rings. The second-order valence-corrected chi connectivity index (χ2v) is 27.1. The zero-order valence-electron chi connectivity index (χ0n) is 59.5. The number of unbranched alkanes of at least 4 members (excludes halogenated alkanes) is 46. The molecular formula is C80H147NO10. The van der Waals surface area contributed by atoms with Crippen molar-refractivity contribution in [3.05, 3.63) is 60.8 Å². The van der Waals surface area contributed by atoms with E-state index < -0.39 is 67.4 Å². The summed E-state index contributed by atoms with van der Waals surface area (Å²) in [6, 6.07) is -1.02. The van der Waals surface area contributed by atoms with E-state index >= 15 is 0 Å². The summed E-state index contributed by atoms with van der Waals surface area (Å²) in [5.74, 6) is -1.18. The number of aliphatic hydroxyl groups excluding tert-OH is 5. The Hall–Kier alpha value is -2.64. The Morgan fingerprint density at radius 3 is 1.16 bits per heavy atom. The van der Waals surface area contributed by atoms with Crippen molar-refractivity contribution >= 4 is 11.9 Å². The molecule has 8 unspecified atom stereocenters. The molecule has 1 rings (SSSR count). The second-order valence-electron chi connectivity index (χ2n) is 27.1. The first-order valence-corrected chi connectivity index (χ1v) is 39.1. The number of rotatable bonds is 68. The summed E-state index contributed by atoms with van der Waals surface area (Å²) in [7, 11) is 0. The third kappa shape index (κ3) is 54.2. The molecule has 532 valence electrons. The van der Waals surface area contributed by atoms with Crippen LogP contribution in [0.15, 0.2) is 60.8 Å². The van der Waals surface area contributed by atoms with E-state index in [4.69, 9.17) is 14.2 Å². The van der Waals surface area contributed by atoms with Crippen LogP contribution < -0.4 is 5.32 Å².